The van der Waals surface area contributed by atoms with Crippen molar-refractivity contribution in [3.63, 3.8) is 0 Å². The molecule has 148 valence electrons. The number of aromatic nitrogens is 1. The third-order valence-electron chi connectivity index (χ3n) is 4.13. The Morgan fingerprint density at radius 3 is 2.39 bits per heavy atom. The van der Waals surface area contributed by atoms with E-state index in [1.165, 1.54) is 15.5 Å². The van der Waals surface area contributed by atoms with E-state index in [1.807, 2.05) is 6.92 Å². The normalized spacial score (nSPS) is 10.4. The highest BCUT2D eigenvalue weighted by Crippen LogP contribution is 2.12. The summed E-state index contributed by atoms with van der Waals surface area (Å²) in [5.74, 6) is -1.59. The average molecular weight is 385 g/mol. The summed E-state index contributed by atoms with van der Waals surface area (Å²) in [6, 6.07) is 9.42. The van der Waals surface area contributed by atoms with Gasteiger partial charge in [0.05, 0.1) is 6.42 Å². The lowest BCUT2D eigenvalue weighted by Crippen LogP contribution is -2.32. The Balaban J connectivity index is 2.00. The molecule has 0 atom stereocenters. The Labute approximate surface area is 162 Å². The number of pyridine rings is 1. The number of carboxylic acid groups (broad SMARTS) is 1. The van der Waals surface area contributed by atoms with Crippen LogP contribution in [0.3, 0.4) is 0 Å². The molecule has 1 heterocycles. The molecule has 8 heteroatoms. The highest BCUT2D eigenvalue weighted by molar-refractivity contribution is 5.96. The van der Waals surface area contributed by atoms with Gasteiger partial charge < -0.3 is 19.9 Å². The van der Waals surface area contributed by atoms with E-state index in [9.17, 15) is 19.2 Å². The fourth-order valence-corrected chi connectivity index (χ4v) is 2.64. The zero-order chi connectivity index (χ0) is 20.7. The third kappa shape index (κ3) is 5.80. The number of benzene rings is 1. The molecule has 0 saturated carbocycles. The van der Waals surface area contributed by atoms with E-state index in [2.05, 4.69) is 5.32 Å². The molecule has 0 radical (unpaired) electrons. The van der Waals surface area contributed by atoms with Gasteiger partial charge in [-0.05, 0) is 43.7 Å². The van der Waals surface area contributed by atoms with E-state index in [4.69, 9.17) is 5.11 Å². The summed E-state index contributed by atoms with van der Waals surface area (Å²) >= 11 is 0. The van der Waals surface area contributed by atoms with Crippen LogP contribution in [0.2, 0.25) is 0 Å². The summed E-state index contributed by atoms with van der Waals surface area (Å²) in [5, 5.41) is 11.5. The highest BCUT2D eigenvalue weighted by atomic mass is 16.4. The van der Waals surface area contributed by atoms with E-state index in [-0.39, 0.29) is 36.9 Å². The SMILES string of the molecule is CCN(CCC(=O)O)C(=O)c1ccc(NC(=O)Cn2cc(C)ccc2=O)cc1. The van der Waals surface area contributed by atoms with Crippen molar-refractivity contribution in [1.82, 2.24) is 9.47 Å². The fraction of sp³-hybridized carbons (Fsp3) is 0.300. The lowest BCUT2D eigenvalue weighted by molar-refractivity contribution is -0.137. The number of nitrogens with zero attached hydrogens (tertiary/aromatic N) is 2. The molecule has 8 nitrogen and oxygen atoms in total. The molecule has 1 aromatic heterocycles. The first-order chi connectivity index (χ1) is 13.3. The molecule has 28 heavy (non-hydrogen) atoms. The number of carbonyl (C=O) groups excluding carboxylic acids is 2. The van der Waals surface area contributed by atoms with Gasteiger partial charge in [-0.25, -0.2) is 0 Å². The van der Waals surface area contributed by atoms with E-state index < -0.39 is 5.97 Å². The Bertz CT molecular complexity index is 918. The van der Waals surface area contributed by atoms with Crippen LogP contribution in [0.25, 0.3) is 0 Å². The van der Waals surface area contributed by atoms with Crippen molar-refractivity contribution in [1.29, 1.82) is 0 Å². The van der Waals surface area contributed by atoms with E-state index >= 15 is 0 Å². The zero-order valence-electron chi connectivity index (χ0n) is 15.8. The maximum atomic E-state index is 12.4. The Kier molecular flexibility index (Phi) is 7.08. The van der Waals surface area contributed by atoms with Gasteiger partial charge in [-0.1, -0.05) is 6.07 Å². The standard InChI is InChI=1S/C20H23N3O5/c1-3-22(11-10-19(26)27)20(28)15-5-7-16(8-6-15)21-17(24)13-23-12-14(2)4-9-18(23)25/h4-9,12H,3,10-11,13H2,1-2H3,(H,21,24)(H,26,27). The van der Waals surface area contributed by atoms with Crippen LogP contribution < -0.4 is 10.9 Å². The second kappa shape index (κ2) is 9.50. The lowest BCUT2D eigenvalue weighted by atomic mass is 10.1. The molecular weight excluding hydrogens is 362 g/mol. The molecule has 2 aromatic rings. The van der Waals surface area contributed by atoms with Crippen molar-refractivity contribution in [2.24, 2.45) is 0 Å². The predicted octanol–water partition coefficient (Wildman–Crippen LogP) is 1.73. The number of anilines is 1. The van der Waals surface area contributed by atoms with Crippen molar-refractivity contribution in [2.45, 2.75) is 26.8 Å². The summed E-state index contributed by atoms with van der Waals surface area (Å²) in [6.45, 7) is 4.03. The minimum atomic E-state index is -0.961. The van der Waals surface area contributed by atoms with Crippen LogP contribution in [-0.4, -0.2) is 45.4 Å². The number of rotatable bonds is 8. The Morgan fingerprint density at radius 2 is 1.79 bits per heavy atom. The second-order valence-electron chi connectivity index (χ2n) is 6.33. The van der Waals surface area contributed by atoms with Crippen molar-refractivity contribution in [3.05, 3.63) is 64.1 Å². The summed E-state index contributed by atoms with van der Waals surface area (Å²) in [6.07, 6.45) is 1.49. The number of amides is 2. The lowest BCUT2D eigenvalue weighted by Gasteiger charge is -2.20. The first-order valence-electron chi connectivity index (χ1n) is 8.88. The van der Waals surface area contributed by atoms with Gasteiger partial charge in [0, 0.05) is 36.6 Å². The van der Waals surface area contributed by atoms with Crippen LogP contribution in [0.1, 0.15) is 29.3 Å². The van der Waals surface area contributed by atoms with Crippen molar-refractivity contribution < 1.29 is 19.5 Å². The molecule has 0 saturated heterocycles. The minimum Gasteiger partial charge on any atom is -0.481 e. The third-order valence-corrected chi connectivity index (χ3v) is 4.13. The molecule has 0 aliphatic rings. The second-order valence-corrected chi connectivity index (χ2v) is 6.33. The number of hydrogen-bond acceptors (Lipinski definition) is 4. The first kappa shape index (κ1) is 20.9. The van der Waals surface area contributed by atoms with E-state index in [0.29, 0.717) is 17.8 Å². The van der Waals surface area contributed by atoms with Crippen LogP contribution in [0.4, 0.5) is 5.69 Å². The number of aryl methyl sites for hydroxylation is 1. The van der Waals surface area contributed by atoms with Gasteiger partial charge in [0.2, 0.25) is 5.91 Å². The fourth-order valence-electron chi connectivity index (χ4n) is 2.64. The molecule has 0 aliphatic carbocycles. The van der Waals surface area contributed by atoms with Gasteiger partial charge >= 0.3 is 5.97 Å². The maximum absolute atomic E-state index is 12.4. The topological polar surface area (TPSA) is 109 Å². The van der Waals surface area contributed by atoms with Crippen LogP contribution >= 0.6 is 0 Å². The number of carbonyl (C=O) groups is 3. The van der Waals surface area contributed by atoms with Crippen molar-refractivity contribution in [2.75, 3.05) is 18.4 Å². The van der Waals surface area contributed by atoms with Gasteiger partial charge in [0.15, 0.2) is 0 Å². The average Bonchev–Trinajstić information content (AvgIpc) is 2.65. The predicted molar refractivity (Wildman–Crippen MR) is 104 cm³/mol. The molecule has 0 bridgehead atoms. The number of carboxylic acids is 1. The Morgan fingerprint density at radius 1 is 1.11 bits per heavy atom. The largest absolute Gasteiger partial charge is 0.481 e. The highest BCUT2D eigenvalue weighted by Gasteiger charge is 2.15. The van der Waals surface area contributed by atoms with E-state index in [0.717, 1.165) is 5.56 Å². The number of nitrogens with one attached hydrogen (secondary N) is 1. The summed E-state index contributed by atoms with van der Waals surface area (Å²) in [5.41, 5.74) is 1.51. The molecule has 2 rings (SSSR count). The van der Waals surface area contributed by atoms with Gasteiger partial charge in [0.25, 0.3) is 11.5 Å². The molecule has 2 N–H and O–H groups in total. The maximum Gasteiger partial charge on any atom is 0.305 e. The number of hydrogen-bond donors (Lipinski definition) is 2. The molecule has 0 aliphatic heterocycles. The van der Waals surface area contributed by atoms with Gasteiger partial charge in [0.1, 0.15) is 6.54 Å². The van der Waals surface area contributed by atoms with Gasteiger partial charge in [-0.2, -0.15) is 0 Å². The smallest absolute Gasteiger partial charge is 0.305 e. The monoisotopic (exact) mass is 385 g/mol. The summed E-state index contributed by atoms with van der Waals surface area (Å²) in [7, 11) is 0. The molecular formula is C20H23N3O5. The molecule has 2 amide bonds. The van der Waals surface area contributed by atoms with Crippen LogP contribution in [0, 0.1) is 6.92 Å². The molecule has 1 aromatic carbocycles. The zero-order valence-corrected chi connectivity index (χ0v) is 15.8. The summed E-state index contributed by atoms with van der Waals surface area (Å²) in [4.78, 5) is 48.5. The van der Waals surface area contributed by atoms with Gasteiger partial charge in [-0.3, -0.25) is 19.2 Å². The number of aliphatic carboxylic acids is 1. The van der Waals surface area contributed by atoms with Crippen LogP contribution in [-0.2, 0) is 16.1 Å². The van der Waals surface area contributed by atoms with Gasteiger partial charge in [-0.15, -0.1) is 0 Å². The quantitative estimate of drug-likeness (QED) is 0.719. The van der Waals surface area contributed by atoms with Crippen molar-refractivity contribution >= 4 is 23.5 Å². The van der Waals surface area contributed by atoms with Crippen LogP contribution in [0.5, 0.6) is 0 Å². The molecule has 0 fully saturated rings. The van der Waals surface area contributed by atoms with Crippen molar-refractivity contribution in [3.8, 4) is 0 Å². The molecule has 0 spiro atoms. The Hall–Kier alpha value is -3.42. The molecule has 0 unspecified atom stereocenters. The first-order valence-corrected chi connectivity index (χ1v) is 8.88. The van der Waals surface area contributed by atoms with Crippen LogP contribution in [0.15, 0.2) is 47.4 Å². The van der Waals surface area contributed by atoms with E-state index in [1.54, 1.807) is 43.5 Å². The minimum absolute atomic E-state index is 0.111. The summed E-state index contributed by atoms with van der Waals surface area (Å²) < 4.78 is 1.32.